The highest BCUT2D eigenvalue weighted by Crippen LogP contribution is 2.27. The second-order valence-corrected chi connectivity index (χ2v) is 10.0. The predicted molar refractivity (Wildman–Crippen MR) is 127 cm³/mol. The summed E-state index contributed by atoms with van der Waals surface area (Å²) in [6.07, 6.45) is 0.712. The third kappa shape index (κ3) is 6.87. The van der Waals surface area contributed by atoms with Gasteiger partial charge >= 0.3 is 5.97 Å². The lowest BCUT2D eigenvalue weighted by Gasteiger charge is -2.17. The van der Waals surface area contributed by atoms with Crippen molar-refractivity contribution in [2.75, 3.05) is 6.54 Å². The maximum absolute atomic E-state index is 13.3. The number of carbonyl (C=O) groups is 1. The van der Waals surface area contributed by atoms with Gasteiger partial charge < -0.3 is 5.11 Å². The number of benzene rings is 3. The van der Waals surface area contributed by atoms with Crippen LogP contribution in [0.3, 0.4) is 0 Å². The molecule has 0 amide bonds. The third-order valence-electron chi connectivity index (χ3n) is 5.52. The Bertz CT molecular complexity index is 1210. The molecule has 33 heavy (non-hydrogen) atoms. The highest BCUT2D eigenvalue weighted by molar-refractivity contribution is 7.89. The number of sulfonamides is 1. The summed E-state index contributed by atoms with van der Waals surface area (Å²) in [6, 6.07) is 18.0. The van der Waals surface area contributed by atoms with Crippen LogP contribution in [0.25, 0.3) is 0 Å². The molecule has 3 aromatic rings. The van der Waals surface area contributed by atoms with E-state index in [1.54, 1.807) is 12.1 Å². The van der Waals surface area contributed by atoms with Crippen LogP contribution in [0.4, 0.5) is 4.39 Å². The lowest BCUT2D eigenvalue weighted by molar-refractivity contribution is -0.136. The van der Waals surface area contributed by atoms with E-state index in [2.05, 4.69) is 4.72 Å². The zero-order valence-electron chi connectivity index (χ0n) is 18.1. The van der Waals surface area contributed by atoms with E-state index in [1.165, 1.54) is 36.4 Å². The Morgan fingerprint density at radius 1 is 0.970 bits per heavy atom. The fraction of sp³-hybridized carbons (Fsp3) is 0.240. The monoisotopic (exact) mass is 489 g/mol. The molecule has 8 heteroatoms. The molecule has 0 aromatic heterocycles. The Hall–Kier alpha value is -2.74. The molecule has 0 saturated carbocycles. The number of hydrogen-bond donors (Lipinski definition) is 2. The van der Waals surface area contributed by atoms with Crippen molar-refractivity contribution in [3.63, 3.8) is 0 Å². The van der Waals surface area contributed by atoms with Gasteiger partial charge in [0.05, 0.1) is 4.90 Å². The number of halogens is 2. The van der Waals surface area contributed by atoms with Crippen LogP contribution >= 0.6 is 11.6 Å². The van der Waals surface area contributed by atoms with Gasteiger partial charge in [-0.05, 0) is 71.5 Å². The number of rotatable bonds is 10. The molecule has 2 N–H and O–H groups in total. The smallest absolute Gasteiger partial charge is 0.303 e. The molecule has 0 bridgehead atoms. The van der Waals surface area contributed by atoms with Crippen LogP contribution < -0.4 is 4.72 Å². The fourth-order valence-electron chi connectivity index (χ4n) is 3.59. The predicted octanol–water partition coefficient (Wildman–Crippen LogP) is 5.17. The molecule has 1 atom stereocenters. The molecule has 0 radical (unpaired) electrons. The average molecular weight is 490 g/mol. The summed E-state index contributed by atoms with van der Waals surface area (Å²) in [7, 11) is -3.68. The first-order chi connectivity index (χ1) is 15.7. The summed E-state index contributed by atoms with van der Waals surface area (Å²) in [5.74, 6) is -1.21. The first-order valence-electron chi connectivity index (χ1n) is 10.5. The molecule has 0 saturated heterocycles. The van der Waals surface area contributed by atoms with Crippen molar-refractivity contribution in [1.29, 1.82) is 0 Å². The van der Waals surface area contributed by atoms with E-state index in [1.807, 2.05) is 25.1 Å². The number of nitrogens with one attached hydrogen (secondary N) is 1. The van der Waals surface area contributed by atoms with E-state index in [0.717, 1.165) is 22.3 Å². The molecule has 174 valence electrons. The van der Waals surface area contributed by atoms with E-state index in [-0.39, 0.29) is 29.6 Å². The Kier molecular flexibility index (Phi) is 8.24. The summed E-state index contributed by atoms with van der Waals surface area (Å²) < 4.78 is 40.8. The van der Waals surface area contributed by atoms with Crippen LogP contribution in [-0.2, 0) is 27.7 Å². The zero-order valence-corrected chi connectivity index (χ0v) is 19.7. The number of hydrogen-bond acceptors (Lipinski definition) is 3. The number of carboxylic acids is 1. The van der Waals surface area contributed by atoms with Gasteiger partial charge in [-0.2, -0.15) is 0 Å². The van der Waals surface area contributed by atoms with Crippen molar-refractivity contribution in [1.82, 2.24) is 4.72 Å². The van der Waals surface area contributed by atoms with Gasteiger partial charge in [-0.25, -0.2) is 17.5 Å². The van der Waals surface area contributed by atoms with Gasteiger partial charge in [0.2, 0.25) is 10.0 Å². The molecule has 3 aromatic carbocycles. The van der Waals surface area contributed by atoms with Gasteiger partial charge in [-0.3, -0.25) is 4.79 Å². The van der Waals surface area contributed by atoms with E-state index in [0.29, 0.717) is 17.9 Å². The van der Waals surface area contributed by atoms with Gasteiger partial charge in [-0.15, -0.1) is 0 Å². The Morgan fingerprint density at radius 2 is 1.61 bits per heavy atom. The highest BCUT2D eigenvalue weighted by atomic mass is 35.5. The van der Waals surface area contributed by atoms with Gasteiger partial charge in [0.1, 0.15) is 5.82 Å². The molecular formula is C25H25ClFNO4S. The Balaban J connectivity index is 1.76. The van der Waals surface area contributed by atoms with Crippen LogP contribution in [0.15, 0.2) is 71.6 Å². The normalized spacial score (nSPS) is 12.5. The van der Waals surface area contributed by atoms with Crippen LogP contribution in [0.5, 0.6) is 0 Å². The topological polar surface area (TPSA) is 83.5 Å². The number of aliphatic carboxylic acids is 1. The van der Waals surface area contributed by atoms with Crippen molar-refractivity contribution < 1.29 is 22.7 Å². The Morgan fingerprint density at radius 3 is 2.24 bits per heavy atom. The lowest BCUT2D eigenvalue weighted by atomic mass is 9.89. The molecule has 0 fully saturated rings. The second-order valence-electron chi connectivity index (χ2n) is 7.80. The van der Waals surface area contributed by atoms with Crippen molar-refractivity contribution >= 4 is 27.6 Å². The minimum Gasteiger partial charge on any atom is -0.481 e. The molecule has 0 heterocycles. The quantitative estimate of drug-likeness (QED) is 0.411. The maximum Gasteiger partial charge on any atom is 0.303 e. The van der Waals surface area contributed by atoms with E-state index >= 15 is 0 Å². The van der Waals surface area contributed by atoms with Crippen molar-refractivity contribution in [2.45, 2.75) is 37.0 Å². The van der Waals surface area contributed by atoms with Gasteiger partial charge in [-0.1, -0.05) is 48.9 Å². The number of carboxylic acid groups (broad SMARTS) is 1. The summed E-state index contributed by atoms with van der Waals surface area (Å²) in [4.78, 5) is 11.3. The van der Waals surface area contributed by atoms with Crippen LogP contribution in [0, 0.1) is 5.82 Å². The zero-order chi connectivity index (χ0) is 24.0. The third-order valence-corrected chi connectivity index (χ3v) is 7.25. The van der Waals surface area contributed by atoms with Crippen LogP contribution in [-0.4, -0.2) is 26.0 Å². The van der Waals surface area contributed by atoms with E-state index in [4.69, 9.17) is 16.7 Å². The maximum atomic E-state index is 13.3. The Labute approximate surface area is 198 Å². The molecule has 0 aliphatic carbocycles. The summed E-state index contributed by atoms with van der Waals surface area (Å²) in [6.45, 7) is 2.17. The minimum absolute atomic E-state index is 0.00774. The van der Waals surface area contributed by atoms with Gasteiger partial charge in [0, 0.05) is 23.9 Å². The lowest BCUT2D eigenvalue weighted by Crippen LogP contribution is -2.26. The molecule has 3 rings (SSSR count). The van der Waals surface area contributed by atoms with Gasteiger partial charge in [0.15, 0.2) is 0 Å². The van der Waals surface area contributed by atoms with Crippen molar-refractivity contribution in [3.05, 3.63) is 99.8 Å². The second kappa shape index (κ2) is 10.9. The first kappa shape index (κ1) is 24.9. The summed E-state index contributed by atoms with van der Waals surface area (Å²) >= 11 is 5.82. The average Bonchev–Trinajstić information content (AvgIpc) is 2.78. The largest absolute Gasteiger partial charge is 0.481 e. The van der Waals surface area contributed by atoms with E-state index in [9.17, 15) is 17.6 Å². The van der Waals surface area contributed by atoms with E-state index < -0.39 is 16.0 Å². The first-order valence-corrected chi connectivity index (χ1v) is 12.4. The fourth-order valence-corrected chi connectivity index (χ4v) is 4.75. The van der Waals surface area contributed by atoms with Crippen LogP contribution in [0.2, 0.25) is 5.02 Å². The molecule has 0 aliphatic heterocycles. The van der Waals surface area contributed by atoms with Crippen molar-refractivity contribution in [2.24, 2.45) is 0 Å². The standard InChI is InChI=1S/C25H25ClFNO4S/c1-17(18-4-9-23(27)10-5-18)20-3-2-19(21(16-20)6-13-25(29)30)14-15-28-33(31,32)24-11-7-22(26)8-12-24/h2-5,7-12,16-17,28H,6,13-15H2,1H3,(H,29,30). The highest BCUT2D eigenvalue weighted by Gasteiger charge is 2.15. The van der Waals surface area contributed by atoms with Gasteiger partial charge in [0.25, 0.3) is 0 Å². The summed E-state index contributed by atoms with van der Waals surface area (Å²) in [5.41, 5.74) is 3.66. The molecule has 5 nitrogen and oxygen atoms in total. The SMILES string of the molecule is CC(c1ccc(F)cc1)c1ccc(CCNS(=O)(=O)c2ccc(Cl)cc2)c(CCC(=O)O)c1. The molecule has 0 spiro atoms. The molecule has 1 unspecified atom stereocenters. The van der Waals surface area contributed by atoms with Crippen LogP contribution in [0.1, 0.15) is 41.5 Å². The number of aryl methyl sites for hydroxylation is 1. The minimum atomic E-state index is -3.68. The van der Waals surface area contributed by atoms with Crippen molar-refractivity contribution in [3.8, 4) is 0 Å². The molecular weight excluding hydrogens is 465 g/mol. The summed E-state index contributed by atoms with van der Waals surface area (Å²) in [5, 5.41) is 9.59. The molecule has 0 aliphatic rings.